The molecule has 0 amide bonds. The molecule has 0 aliphatic rings. The number of nitrogens with two attached hydrogens (primary N) is 1. The number of rotatable bonds is 11. The zero-order valence-electron chi connectivity index (χ0n) is 12.8. The lowest BCUT2D eigenvalue weighted by Crippen LogP contribution is -2.30. The van der Waals surface area contributed by atoms with E-state index in [1.54, 1.807) is 7.11 Å². The fourth-order valence-electron chi connectivity index (χ4n) is 1.99. The summed E-state index contributed by atoms with van der Waals surface area (Å²) in [7, 11) is 1.71. The van der Waals surface area contributed by atoms with Gasteiger partial charge in [0, 0.05) is 39.1 Å². The van der Waals surface area contributed by atoms with Crippen molar-refractivity contribution in [1.82, 2.24) is 0 Å². The number of methoxy groups -OCH3 is 1. The Morgan fingerprint density at radius 3 is 2.40 bits per heavy atom. The van der Waals surface area contributed by atoms with E-state index in [1.165, 1.54) is 11.3 Å². The lowest BCUT2D eigenvalue weighted by Gasteiger charge is -2.24. The van der Waals surface area contributed by atoms with Crippen LogP contribution in [0.25, 0.3) is 0 Å². The van der Waals surface area contributed by atoms with Crippen molar-refractivity contribution in [3.05, 3.63) is 29.8 Å². The number of benzene rings is 1. The number of nitrogens with zero attached hydrogens (tertiary/aromatic N) is 1. The maximum absolute atomic E-state index is 5.64. The molecular formula is C16H28N2O2. The number of aryl methyl sites for hydroxylation is 1. The van der Waals surface area contributed by atoms with Crippen molar-refractivity contribution in [2.45, 2.75) is 19.8 Å². The Morgan fingerprint density at radius 2 is 1.75 bits per heavy atom. The number of hydrogen-bond acceptors (Lipinski definition) is 4. The molecule has 0 heterocycles. The van der Waals surface area contributed by atoms with E-state index in [-0.39, 0.29) is 0 Å². The van der Waals surface area contributed by atoms with Crippen LogP contribution in [0.15, 0.2) is 24.3 Å². The molecule has 20 heavy (non-hydrogen) atoms. The van der Waals surface area contributed by atoms with Crippen LogP contribution in [0.3, 0.4) is 0 Å². The van der Waals surface area contributed by atoms with E-state index in [2.05, 4.69) is 36.1 Å². The first kappa shape index (κ1) is 17.0. The van der Waals surface area contributed by atoms with Gasteiger partial charge in [-0.3, -0.25) is 0 Å². The molecule has 0 aromatic heterocycles. The summed E-state index contributed by atoms with van der Waals surface area (Å²) >= 11 is 0. The van der Waals surface area contributed by atoms with Gasteiger partial charge in [0.1, 0.15) is 0 Å². The summed E-state index contributed by atoms with van der Waals surface area (Å²) in [6.07, 6.45) is 1.95. The van der Waals surface area contributed by atoms with Gasteiger partial charge in [-0.05, 0) is 38.4 Å². The molecule has 4 heteroatoms. The maximum Gasteiger partial charge on any atom is 0.0641 e. The fourth-order valence-corrected chi connectivity index (χ4v) is 1.99. The number of ether oxygens (including phenoxy) is 2. The molecule has 0 unspecified atom stereocenters. The highest BCUT2D eigenvalue weighted by Gasteiger charge is 2.05. The number of hydrogen-bond donors (Lipinski definition) is 1. The van der Waals surface area contributed by atoms with Crippen LogP contribution in [0, 0.1) is 6.92 Å². The van der Waals surface area contributed by atoms with Crippen LogP contribution < -0.4 is 10.6 Å². The van der Waals surface area contributed by atoms with Gasteiger partial charge in [0.25, 0.3) is 0 Å². The predicted molar refractivity (Wildman–Crippen MR) is 84.4 cm³/mol. The van der Waals surface area contributed by atoms with E-state index in [0.717, 1.165) is 52.3 Å². The standard InChI is InChI=1S/C16H28N2O2/c1-15-5-7-16(8-6-15)18(10-3-9-17)11-14-20-13-4-12-19-2/h5-8H,3-4,9-14,17H2,1-2H3. The summed E-state index contributed by atoms with van der Waals surface area (Å²) in [5, 5.41) is 0. The first-order valence-electron chi connectivity index (χ1n) is 7.36. The zero-order valence-corrected chi connectivity index (χ0v) is 12.8. The minimum atomic E-state index is 0.719. The summed E-state index contributed by atoms with van der Waals surface area (Å²) in [4.78, 5) is 2.34. The summed E-state index contributed by atoms with van der Waals surface area (Å²) in [6, 6.07) is 8.61. The highest BCUT2D eigenvalue weighted by Crippen LogP contribution is 2.15. The van der Waals surface area contributed by atoms with Gasteiger partial charge in [-0.15, -0.1) is 0 Å². The summed E-state index contributed by atoms with van der Waals surface area (Å²) in [5.41, 5.74) is 8.14. The Labute approximate surface area is 122 Å². The second kappa shape index (κ2) is 10.7. The van der Waals surface area contributed by atoms with Gasteiger partial charge in [0.05, 0.1) is 6.61 Å². The molecule has 0 saturated carbocycles. The molecule has 2 N–H and O–H groups in total. The van der Waals surface area contributed by atoms with Crippen molar-refractivity contribution >= 4 is 5.69 Å². The third-order valence-corrected chi connectivity index (χ3v) is 3.17. The van der Waals surface area contributed by atoms with Crippen LogP contribution in [0.5, 0.6) is 0 Å². The van der Waals surface area contributed by atoms with Crippen molar-refractivity contribution in [2.24, 2.45) is 5.73 Å². The Kier molecular flexibility index (Phi) is 9.04. The average Bonchev–Trinajstić information content (AvgIpc) is 2.47. The lowest BCUT2D eigenvalue weighted by atomic mass is 10.2. The smallest absolute Gasteiger partial charge is 0.0641 e. The van der Waals surface area contributed by atoms with Crippen molar-refractivity contribution in [3.63, 3.8) is 0 Å². The molecule has 1 aromatic rings. The molecule has 1 rings (SSSR count). The van der Waals surface area contributed by atoms with Crippen molar-refractivity contribution in [3.8, 4) is 0 Å². The van der Waals surface area contributed by atoms with E-state index < -0.39 is 0 Å². The van der Waals surface area contributed by atoms with Crippen molar-refractivity contribution in [2.75, 3.05) is 51.5 Å². The van der Waals surface area contributed by atoms with Gasteiger partial charge in [0.2, 0.25) is 0 Å². The van der Waals surface area contributed by atoms with Crippen LogP contribution in [-0.4, -0.2) is 46.6 Å². The first-order valence-corrected chi connectivity index (χ1v) is 7.36. The number of anilines is 1. The molecule has 4 nitrogen and oxygen atoms in total. The predicted octanol–water partition coefficient (Wildman–Crippen LogP) is 2.20. The molecule has 0 aliphatic heterocycles. The quantitative estimate of drug-likeness (QED) is 0.631. The third-order valence-electron chi connectivity index (χ3n) is 3.17. The summed E-state index contributed by atoms with van der Waals surface area (Å²) < 4.78 is 10.6. The largest absolute Gasteiger partial charge is 0.385 e. The molecule has 0 saturated heterocycles. The molecule has 0 radical (unpaired) electrons. The van der Waals surface area contributed by atoms with Gasteiger partial charge in [-0.1, -0.05) is 17.7 Å². The Hall–Kier alpha value is -1.10. The Bertz CT molecular complexity index is 341. The topological polar surface area (TPSA) is 47.7 Å². The average molecular weight is 280 g/mol. The van der Waals surface area contributed by atoms with E-state index in [1.807, 2.05) is 0 Å². The van der Waals surface area contributed by atoms with Crippen LogP contribution in [-0.2, 0) is 9.47 Å². The highest BCUT2D eigenvalue weighted by molar-refractivity contribution is 5.47. The zero-order chi connectivity index (χ0) is 14.6. The fraction of sp³-hybridized carbons (Fsp3) is 0.625. The van der Waals surface area contributed by atoms with Crippen molar-refractivity contribution < 1.29 is 9.47 Å². The maximum atomic E-state index is 5.64. The molecular weight excluding hydrogens is 252 g/mol. The van der Waals surface area contributed by atoms with Crippen LogP contribution in [0.4, 0.5) is 5.69 Å². The first-order chi connectivity index (χ1) is 9.77. The molecule has 1 aromatic carbocycles. The van der Waals surface area contributed by atoms with Crippen LogP contribution in [0.2, 0.25) is 0 Å². The van der Waals surface area contributed by atoms with Gasteiger partial charge in [-0.25, -0.2) is 0 Å². The van der Waals surface area contributed by atoms with E-state index in [9.17, 15) is 0 Å². The van der Waals surface area contributed by atoms with Gasteiger partial charge >= 0.3 is 0 Å². The van der Waals surface area contributed by atoms with Crippen molar-refractivity contribution in [1.29, 1.82) is 0 Å². The molecule has 0 spiro atoms. The lowest BCUT2D eigenvalue weighted by molar-refractivity contribution is 0.107. The normalized spacial score (nSPS) is 10.8. The van der Waals surface area contributed by atoms with Crippen LogP contribution in [0.1, 0.15) is 18.4 Å². The highest BCUT2D eigenvalue weighted by atomic mass is 16.5. The second-order valence-electron chi connectivity index (χ2n) is 4.92. The monoisotopic (exact) mass is 280 g/mol. The van der Waals surface area contributed by atoms with Gasteiger partial charge in [-0.2, -0.15) is 0 Å². The minimum Gasteiger partial charge on any atom is -0.385 e. The van der Waals surface area contributed by atoms with Gasteiger partial charge < -0.3 is 20.1 Å². The molecule has 114 valence electrons. The third kappa shape index (κ3) is 6.89. The minimum absolute atomic E-state index is 0.719. The molecule has 0 aliphatic carbocycles. The summed E-state index contributed by atoms with van der Waals surface area (Å²) in [5.74, 6) is 0. The Morgan fingerprint density at radius 1 is 1.00 bits per heavy atom. The van der Waals surface area contributed by atoms with E-state index in [0.29, 0.717) is 0 Å². The van der Waals surface area contributed by atoms with Crippen LogP contribution >= 0.6 is 0 Å². The molecule has 0 fully saturated rings. The van der Waals surface area contributed by atoms with E-state index in [4.69, 9.17) is 15.2 Å². The Balaban J connectivity index is 2.37. The molecule has 0 bridgehead atoms. The molecule has 0 atom stereocenters. The van der Waals surface area contributed by atoms with E-state index >= 15 is 0 Å². The van der Waals surface area contributed by atoms with Gasteiger partial charge in [0.15, 0.2) is 0 Å². The SMILES string of the molecule is COCCCOCCN(CCCN)c1ccc(C)cc1. The second-order valence-corrected chi connectivity index (χ2v) is 4.92. The summed E-state index contributed by atoms with van der Waals surface area (Å²) in [6.45, 7) is 6.95.